The molecule has 0 spiro atoms. The Labute approximate surface area is 181 Å². The lowest BCUT2D eigenvalue weighted by molar-refractivity contribution is -0.908. The number of quaternary nitrogens is 1. The Morgan fingerprint density at radius 3 is 2.48 bits per heavy atom. The highest BCUT2D eigenvalue weighted by atomic mass is 16.5. The average molecular weight is 417 g/mol. The van der Waals surface area contributed by atoms with Crippen LogP contribution >= 0.6 is 0 Å². The molecule has 2 N–H and O–H groups in total. The third-order valence-electron chi connectivity index (χ3n) is 5.10. The molecular formula is C25H26N3O3+. The monoisotopic (exact) mass is 416 g/mol. The van der Waals surface area contributed by atoms with Gasteiger partial charge in [-0.15, -0.1) is 0 Å². The number of benzene rings is 3. The SMILES string of the molecule is COc1cc(C[NH+](C)Cc2nc3ccccc3c(=O)[nH]2)ccc1OCc1ccccc1. The molecule has 1 unspecified atom stereocenters. The lowest BCUT2D eigenvalue weighted by Crippen LogP contribution is -3.06. The summed E-state index contributed by atoms with van der Waals surface area (Å²) >= 11 is 0. The van der Waals surface area contributed by atoms with Crippen molar-refractivity contribution in [2.45, 2.75) is 19.7 Å². The van der Waals surface area contributed by atoms with E-state index in [1.807, 2.05) is 66.7 Å². The van der Waals surface area contributed by atoms with E-state index in [1.54, 1.807) is 13.2 Å². The van der Waals surface area contributed by atoms with Crippen molar-refractivity contribution >= 4 is 10.9 Å². The Morgan fingerprint density at radius 1 is 0.903 bits per heavy atom. The van der Waals surface area contributed by atoms with Crippen LogP contribution < -0.4 is 19.9 Å². The molecule has 0 aliphatic rings. The zero-order valence-electron chi connectivity index (χ0n) is 17.7. The smallest absolute Gasteiger partial charge is 0.258 e. The molecule has 4 aromatic rings. The molecule has 0 saturated heterocycles. The summed E-state index contributed by atoms with van der Waals surface area (Å²) in [4.78, 5) is 21.0. The highest BCUT2D eigenvalue weighted by Gasteiger charge is 2.12. The van der Waals surface area contributed by atoms with Crippen molar-refractivity contribution in [1.82, 2.24) is 9.97 Å². The second-order valence-corrected chi connectivity index (χ2v) is 7.60. The van der Waals surface area contributed by atoms with Crippen LogP contribution in [-0.2, 0) is 19.7 Å². The van der Waals surface area contributed by atoms with E-state index in [1.165, 1.54) is 4.90 Å². The number of H-pyrrole nitrogens is 1. The minimum absolute atomic E-state index is 0.102. The Kier molecular flexibility index (Phi) is 6.29. The van der Waals surface area contributed by atoms with E-state index >= 15 is 0 Å². The van der Waals surface area contributed by atoms with Gasteiger partial charge in [-0.2, -0.15) is 0 Å². The fourth-order valence-electron chi connectivity index (χ4n) is 3.59. The highest BCUT2D eigenvalue weighted by molar-refractivity contribution is 5.77. The molecule has 0 radical (unpaired) electrons. The van der Waals surface area contributed by atoms with Crippen LogP contribution in [-0.4, -0.2) is 24.1 Å². The van der Waals surface area contributed by atoms with Crippen LogP contribution in [0.1, 0.15) is 17.0 Å². The van der Waals surface area contributed by atoms with Gasteiger partial charge in [-0.1, -0.05) is 42.5 Å². The van der Waals surface area contributed by atoms with Gasteiger partial charge in [0.1, 0.15) is 19.7 Å². The molecule has 1 heterocycles. The summed E-state index contributed by atoms with van der Waals surface area (Å²) in [5, 5.41) is 0.611. The van der Waals surface area contributed by atoms with Gasteiger partial charge in [-0.05, 0) is 35.9 Å². The third kappa shape index (κ3) is 5.10. The van der Waals surface area contributed by atoms with Gasteiger partial charge in [0.25, 0.3) is 5.56 Å². The number of rotatable bonds is 8. The van der Waals surface area contributed by atoms with Gasteiger partial charge in [-0.25, -0.2) is 4.98 Å². The molecule has 1 aromatic heterocycles. The van der Waals surface area contributed by atoms with Gasteiger partial charge < -0.3 is 19.4 Å². The van der Waals surface area contributed by atoms with E-state index < -0.39 is 0 Å². The van der Waals surface area contributed by atoms with E-state index in [0.29, 0.717) is 35.9 Å². The summed E-state index contributed by atoms with van der Waals surface area (Å²) in [5.74, 6) is 2.10. The topological polar surface area (TPSA) is 68.7 Å². The van der Waals surface area contributed by atoms with E-state index in [2.05, 4.69) is 17.0 Å². The minimum atomic E-state index is -0.102. The van der Waals surface area contributed by atoms with Gasteiger partial charge >= 0.3 is 0 Å². The van der Waals surface area contributed by atoms with Crippen molar-refractivity contribution in [3.63, 3.8) is 0 Å². The summed E-state index contributed by atoms with van der Waals surface area (Å²) in [7, 11) is 3.72. The van der Waals surface area contributed by atoms with Crippen molar-refractivity contribution in [3.8, 4) is 11.5 Å². The molecule has 0 saturated carbocycles. The summed E-state index contributed by atoms with van der Waals surface area (Å²) in [6.45, 7) is 1.85. The summed E-state index contributed by atoms with van der Waals surface area (Å²) in [6, 6.07) is 23.4. The van der Waals surface area contributed by atoms with Crippen molar-refractivity contribution in [3.05, 3.63) is 100 Å². The average Bonchev–Trinajstić information content (AvgIpc) is 2.78. The van der Waals surface area contributed by atoms with Crippen LogP contribution in [0, 0.1) is 0 Å². The zero-order chi connectivity index (χ0) is 21.6. The normalized spacial score (nSPS) is 11.9. The van der Waals surface area contributed by atoms with E-state index in [-0.39, 0.29) is 5.56 Å². The number of para-hydroxylation sites is 1. The molecule has 31 heavy (non-hydrogen) atoms. The van der Waals surface area contributed by atoms with Crippen LogP contribution in [0.4, 0.5) is 0 Å². The summed E-state index contributed by atoms with van der Waals surface area (Å²) < 4.78 is 11.5. The number of fused-ring (bicyclic) bond motifs is 1. The predicted octanol–water partition coefficient (Wildman–Crippen LogP) is 2.73. The first kappa shape index (κ1) is 20.6. The fraction of sp³-hybridized carbons (Fsp3) is 0.200. The summed E-state index contributed by atoms with van der Waals surface area (Å²) in [6.07, 6.45) is 0. The molecule has 3 aromatic carbocycles. The minimum Gasteiger partial charge on any atom is -0.493 e. The van der Waals surface area contributed by atoms with E-state index in [9.17, 15) is 4.79 Å². The van der Waals surface area contributed by atoms with Gasteiger partial charge in [0.15, 0.2) is 17.3 Å². The maximum Gasteiger partial charge on any atom is 0.258 e. The number of aromatic amines is 1. The second kappa shape index (κ2) is 9.45. The molecule has 0 amide bonds. The molecule has 0 aliphatic carbocycles. The Hall–Kier alpha value is -3.64. The lowest BCUT2D eigenvalue weighted by atomic mass is 10.2. The number of nitrogens with zero attached hydrogens (tertiary/aromatic N) is 1. The number of methoxy groups -OCH3 is 1. The molecule has 6 heteroatoms. The molecule has 158 valence electrons. The van der Waals surface area contributed by atoms with Crippen LogP contribution in [0.5, 0.6) is 11.5 Å². The number of aromatic nitrogens is 2. The summed E-state index contributed by atoms with van der Waals surface area (Å²) in [5.41, 5.74) is 2.84. The molecule has 1 atom stereocenters. The Balaban J connectivity index is 1.43. The molecule has 0 aliphatic heterocycles. The maximum absolute atomic E-state index is 12.3. The largest absolute Gasteiger partial charge is 0.493 e. The van der Waals surface area contributed by atoms with Crippen molar-refractivity contribution in [2.75, 3.05) is 14.2 Å². The van der Waals surface area contributed by atoms with Gasteiger partial charge in [-0.3, -0.25) is 4.79 Å². The molecular weight excluding hydrogens is 390 g/mol. The highest BCUT2D eigenvalue weighted by Crippen LogP contribution is 2.28. The molecule has 6 nitrogen and oxygen atoms in total. The predicted molar refractivity (Wildman–Crippen MR) is 120 cm³/mol. The Bertz CT molecular complexity index is 1220. The van der Waals surface area contributed by atoms with Gasteiger partial charge in [0.05, 0.1) is 25.1 Å². The van der Waals surface area contributed by atoms with Crippen LogP contribution in [0.3, 0.4) is 0 Å². The number of ether oxygens (including phenoxy) is 2. The first-order chi connectivity index (χ1) is 15.1. The standard InChI is InChI=1S/C25H25N3O3/c1-28(16-24-26-21-11-7-6-10-20(21)25(29)27-24)15-19-12-13-22(23(14-19)30-2)31-17-18-8-4-3-5-9-18/h3-14H,15-17H2,1-2H3,(H,26,27,29)/p+1. The maximum atomic E-state index is 12.3. The first-order valence-electron chi connectivity index (χ1n) is 10.3. The van der Waals surface area contributed by atoms with Crippen molar-refractivity contribution < 1.29 is 14.4 Å². The quantitative estimate of drug-likeness (QED) is 0.464. The first-order valence-corrected chi connectivity index (χ1v) is 10.3. The van der Waals surface area contributed by atoms with Gasteiger partial charge in [0.2, 0.25) is 0 Å². The van der Waals surface area contributed by atoms with Crippen molar-refractivity contribution in [2.24, 2.45) is 0 Å². The van der Waals surface area contributed by atoms with E-state index in [0.717, 1.165) is 23.2 Å². The van der Waals surface area contributed by atoms with E-state index in [4.69, 9.17) is 9.47 Å². The number of hydrogen-bond donors (Lipinski definition) is 2. The van der Waals surface area contributed by atoms with Crippen LogP contribution in [0.2, 0.25) is 0 Å². The van der Waals surface area contributed by atoms with Crippen molar-refractivity contribution in [1.29, 1.82) is 0 Å². The lowest BCUT2D eigenvalue weighted by Gasteiger charge is -2.16. The van der Waals surface area contributed by atoms with Crippen LogP contribution in [0.15, 0.2) is 77.6 Å². The molecule has 4 rings (SSSR count). The van der Waals surface area contributed by atoms with Crippen LogP contribution in [0.25, 0.3) is 10.9 Å². The van der Waals surface area contributed by atoms with Gasteiger partial charge in [0, 0.05) is 5.56 Å². The third-order valence-corrected chi connectivity index (χ3v) is 5.10. The molecule has 0 fully saturated rings. The Morgan fingerprint density at radius 2 is 1.68 bits per heavy atom. The second-order valence-electron chi connectivity index (χ2n) is 7.60. The number of hydrogen-bond acceptors (Lipinski definition) is 4. The molecule has 0 bridgehead atoms. The fourth-order valence-corrected chi connectivity index (χ4v) is 3.59. The zero-order valence-corrected chi connectivity index (χ0v) is 17.7. The number of nitrogens with one attached hydrogen (secondary N) is 2.